The number of hydrogen-bond donors (Lipinski definition) is 1. The standard InChI is InChI=1S/C15H21ClFN/c1-10-5-6-15(18,8-11(10)2)9-12-3-4-14(17)13(16)7-12/h3-4,7,10-11H,5-6,8-9,18H2,1-2H3. The Morgan fingerprint density at radius 2 is 2.11 bits per heavy atom. The molecule has 3 atom stereocenters. The second-order valence-electron chi connectivity index (χ2n) is 5.98. The van der Waals surface area contributed by atoms with Gasteiger partial charge in [-0.25, -0.2) is 4.39 Å². The molecule has 0 spiro atoms. The van der Waals surface area contributed by atoms with Crippen molar-refractivity contribution in [1.82, 2.24) is 0 Å². The van der Waals surface area contributed by atoms with Crippen molar-refractivity contribution in [2.75, 3.05) is 0 Å². The second-order valence-corrected chi connectivity index (χ2v) is 6.39. The molecule has 100 valence electrons. The minimum Gasteiger partial charge on any atom is -0.325 e. The molecule has 1 aromatic rings. The Balaban J connectivity index is 2.10. The Morgan fingerprint density at radius 1 is 1.39 bits per heavy atom. The summed E-state index contributed by atoms with van der Waals surface area (Å²) >= 11 is 5.81. The molecule has 3 heteroatoms. The molecule has 0 heterocycles. The maximum absolute atomic E-state index is 13.1. The summed E-state index contributed by atoms with van der Waals surface area (Å²) in [6.45, 7) is 4.56. The zero-order valence-corrected chi connectivity index (χ0v) is 11.8. The summed E-state index contributed by atoms with van der Waals surface area (Å²) in [7, 11) is 0. The molecule has 0 amide bonds. The van der Waals surface area contributed by atoms with E-state index in [4.69, 9.17) is 17.3 Å². The highest BCUT2D eigenvalue weighted by Crippen LogP contribution is 2.36. The lowest BCUT2D eigenvalue weighted by molar-refractivity contribution is 0.176. The van der Waals surface area contributed by atoms with Crippen LogP contribution in [0, 0.1) is 17.7 Å². The third-order valence-corrected chi connectivity index (χ3v) is 4.63. The van der Waals surface area contributed by atoms with Crippen molar-refractivity contribution in [1.29, 1.82) is 0 Å². The van der Waals surface area contributed by atoms with Crippen molar-refractivity contribution in [3.8, 4) is 0 Å². The van der Waals surface area contributed by atoms with Gasteiger partial charge in [0.2, 0.25) is 0 Å². The molecule has 0 bridgehead atoms. The Hall–Kier alpha value is -0.600. The topological polar surface area (TPSA) is 26.0 Å². The second kappa shape index (κ2) is 5.18. The van der Waals surface area contributed by atoms with Crippen LogP contribution in [0.5, 0.6) is 0 Å². The fourth-order valence-electron chi connectivity index (χ4n) is 2.96. The van der Waals surface area contributed by atoms with Crippen LogP contribution < -0.4 is 5.73 Å². The van der Waals surface area contributed by atoms with Gasteiger partial charge in [-0.1, -0.05) is 31.5 Å². The van der Waals surface area contributed by atoms with Gasteiger partial charge in [0.05, 0.1) is 5.02 Å². The summed E-state index contributed by atoms with van der Waals surface area (Å²) in [5, 5.41) is 0.188. The average Bonchev–Trinajstić information content (AvgIpc) is 2.29. The van der Waals surface area contributed by atoms with Crippen molar-refractivity contribution in [2.24, 2.45) is 17.6 Å². The van der Waals surface area contributed by atoms with Crippen LogP contribution in [0.15, 0.2) is 18.2 Å². The Labute approximate surface area is 114 Å². The van der Waals surface area contributed by atoms with E-state index >= 15 is 0 Å². The molecule has 3 unspecified atom stereocenters. The fourth-order valence-corrected chi connectivity index (χ4v) is 3.16. The summed E-state index contributed by atoms with van der Waals surface area (Å²) in [5.41, 5.74) is 7.37. The van der Waals surface area contributed by atoms with Crippen LogP contribution in [-0.2, 0) is 6.42 Å². The van der Waals surface area contributed by atoms with Crippen LogP contribution in [-0.4, -0.2) is 5.54 Å². The largest absolute Gasteiger partial charge is 0.325 e. The first-order valence-corrected chi connectivity index (χ1v) is 7.00. The number of benzene rings is 1. The molecule has 0 aromatic heterocycles. The maximum Gasteiger partial charge on any atom is 0.141 e. The molecule has 18 heavy (non-hydrogen) atoms. The van der Waals surface area contributed by atoms with Gasteiger partial charge in [0.1, 0.15) is 5.82 Å². The number of nitrogens with two attached hydrogens (primary N) is 1. The highest BCUT2D eigenvalue weighted by molar-refractivity contribution is 6.30. The molecule has 2 rings (SSSR count). The predicted octanol–water partition coefficient (Wildman–Crippen LogP) is 4.18. The average molecular weight is 270 g/mol. The molecule has 0 radical (unpaired) electrons. The van der Waals surface area contributed by atoms with E-state index in [0.29, 0.717) is 5.92 Å². The minimum atomic E-state index is -0.364. The van der Waals surface area contributed by atoms with Crippen molar-refractivity contribution >= 4 is 11.6 Å². The Bertz CT molecular complexity index is 435. The number of halogens is 2. The van der Waals surface area contributed by atoms with E-state index in [1.807, 2.05) is 0 Å². The molecule has 1 aliphatic carbocycles. The summed E-state index contributed by atoms with van der Waals surface area (Å²) < 4.78 is 13.1. The van der Waals surface area contributed by atoms with E-state index in [9.17, 15) is 4.39 Å². The van der Waals surface area contributed by atoms with Gasteiger partial charge in [-0.3, -0.25) is 0 Å². The normalized spacial score (nSPS) is 32.5. The summed E-state index contributed by atoms with van der Waals surface area (Å²) in [5.74, 6) is 1.04. The van der Waals surface area contributed by atoms with Crippen LogP contribution in [0.2, 0.25) is 5.02 Å². The molecule has 1 aromatic carbocycles. The van der Waals surface area contributed by atoms with Gasteiger partial charge >= 0.3 is 0 Å². The van der Waals surface area contributed by atoms with Gasteiger partial charge < -0.3 is 5.73 Å². The summed E-state index contributed by atoms with van der Waals surface area (Å²) in [6, 6.07) is 4.92. The predicted molar refractivity (Wildman–Crippen MR) is 74.2 cm³/mol. The van der Waals surface area contributed by atoms with Gasteiger partial charge in [-0.15, -0.1) is 0 Å². The smallest absolute Gasteiger partial charge is 0.141 e. The first-order valence-electron chi connectivity index (χ1n) is 6.62. The zero-order chi connectivity index (χ0) is 13.3. The van der Waals surface area contributed by atoms with Gasteiger partial charge in [0.25, 0.3) is 0 Å². The van der Waals surface area contributed by atoms with E-state index in [1.165, 1.54) is 12.5 Å². The lowest BCUT2D eigenvalue weighted by atomic mass is 9.69. The van der Waals surface area contributed by atoms with Crippen LogP contribution in [0.1, 0.15) is 38.7 Å². The third-order valence-electron chi connectivity index (χ3n) is 4.34. The van der Waals surface area contributed by atoms with Crippen molar-refractivity contribution in [2.45, 2.75) is 45.1 Å². The molecule has 0 aliphatic heterocycles. The molecule has 2 N–H and O–H groups in total. The maximum atomic E-state index is 13.1. The number of hydrogen-bond acceptors (Lipinski definition) is 1. The lowest BCUT2D eigenvalue weighted by Crippen LogP contribution is -2.47. The first-order chi connectivity index (χ1) is 8.39. The van der Waals surface area contributed by atoms with Crippen LogP contribution in [0.4, 0.5) is 4.39 Å². The molecule has 1 saturated carbocycles. The minimum absolute atomic E-state index is 0.160. The van der Waals surface area contributed by atoms with Gasteiger partial charge in [0, 0.05) is 5.54 Å². The van der Waals surface area contributed by atoms with E-state index in [-0.39, 0.29) is 16.4 Å². The Kier molecular flexibility index (Phi) is 3.98. The van der Waals surface area contributed by atoms with Crippen molar-refractivity contribution < 1.29 is 4.39 Å². The SMILES string of the molecule is CC1CCC(N)(Cc2ccc(F)c(Cl)c2)CC1C. The van der Waals surface area contributed by atoms with Crippen molar-refractivity contribution in [3.63, 3.8) is 0 Å². The van der Waals surface area contributed by atoms with Gasteiger partial charge in [-0.05, 0) is 55.2 Å². The first kappa shape index (κ1) is 13.8. The molecule has 1 aliphatic rings. The molecule has 1 nitrogen and oxygen atoms in total. The number of rotatable bonds is 2. The third kappa shape index (κ3) is 3.04. The Morgan fingerprint density at radius 3 is 2.72 bits per heavy atom. The highest BCUT2D eigenvalue weighted by Gasteiger charge is 2.34. The molecule has 1 fully saturated rings. The molecular weight excluding hydrogens is 249 g/mol. The van der Waals surface area contributed by atoms with E-state index < -0.39 is 0 Å². The van der Waals surface area contributed by atoms with Gasteiger partial charge in [0.15, 0.2) is 0 Å². The zero-order valence-electron chi connectivity index (χ0n) is 11.0. The summed E-state index contributed by atoms with van der Waals surface area (Å²) in [4.78, 5) is 0. The monoisotopic (exact) mass is 269 g/mol. The lowest BCUT2D eigenvalue weighted by Gasteiger charge is -2.40. The van der Waals surface area contributed by atoms with E-state index in [2.05, 4.69) is 13.8 Å². The van der Waals surface area contributed by atoms with Gasteiger partial charge in [-0.2, -0.15) is 0 Å². The molecular formula is C15H21ClFN. The fraction of sp³-hybridized carbons (Fsp3) is 0.600. The van der Waals surface area contributed by atoms with Crippen molar-refractivity contribution in [3.05, 3.63) is 34.6 Å². The van der Waals surface area contributed by atoms with Crippen LogP contribution in [0.3, 0.4) is 0 Å². The van der Waals surface area contributed by atoms with Crippen LogP contribution in [0.25, 0.3) is 0 Å². The molecule has 0 saturated heterocycles. The quantitative estimate of drug-likeness (QED) is 0.857. The summed E-state index contributed by atoms with van der Waals surface area (Å²) in [6.07, 6.45) is 4.02. The highest BCUT2D eigenvalue weighted by atomic mass is 35.5. The van der Waals surface area contributed by atoms with Crippen LogP contribution >= 0.6 is 11.6 Å². The van der Waals surface area contributed by atoms with E-state index in [1.54, 1.807) is 12.1 Å². The van der Waals surface area contributed by atoms with E-state index in [0.717, 1.165) is 30.7 Å².